The molecule has 0 spiro atoms. The van der Waals surface area contributed by atoms with Crippen molar-refractivity contribution in [3.63, 3.8) is 0 Å². The van der Waals surface area contributed by atoms with Crippen molar-refractivity contribution in [2.75, 3.05) is 13.7 Å². The molecule has 0 aliphatic carbocycles. The number of nitrogens with one attached hydrogen (secondary N) is 3. The van der Waals surface area contributed by atoms with Crippen LogP contribution in [0.2, 0.25) is 0 Å². The van der Waals surface area contributed by atoms with Crippen LogP contribution < -0.4 is 16.1 Å². The highest BCUT2D eigenvalue weighted by atomic mass is 16.5. The van der Waals surface area contributed by atoms with Crippen LogP contribution in [0.3, 0.4) is 0 Å². The number of benzene rings is 2. The fraction of sp³-hybridized carbons (Fsp3) is 0.423. The maximum atomic E-state index is 13.2. The van der Waals surface area contributed by atoms with E-state index in [1.54, 1.807) is 20.8 Å². The van der Waals surface area contributed by atoms with Crippen LogP contribution in [0.1, 0.15) is 31.9 Å². The molecular formula is C26H36N4O6. The maximum Gasteiger partial charge on any atom is 0.407 e. The summed E-state index contributed by atoms with van der Waals surface area (Å²) < 4.78 is 4.67. The fourth-order valence-corrected chi connectivity index (χ4v) is 3.69. The molecule has 0 saturated heterocycles. The summed E-state index contributed by atoms with van der Waals surface area (Å²) in [6.45, 7) is 5.57. The largest absolute Gasteiger partial charge is 0.465 e. The van der Waals surface area contributed by atoms with Gasteiger partial charge < -0.3 is 25.6 Å². The van der Waals surface area contributed by atoms with Crippen LogP contribution in [0.25, 0.3) is 0 Å². The number of carboxylic acid groups (broad SMARTS) is 1. The van der Waals surface area contributed by atoms with Gasteiger partial charge in [-0.1, -0.05) is 81.4 Å². The Balaban J connectivity index is 2.25. The van der Waals surface area contributed by atoms with Crippen molar-refractivity contribution < 1.29 is 29.3 Å². The molecule has 3 atom stereocenters. The Morgan fingerprint density at radius 2 is 1.50 bits per heavy atom. The standard InChI is InChI=1S/C26H36N4O6/c1-26(2,3)22(28-25(35)36-4)23(32)29-30(16-19-13-9-6-10-14-19)17-21(31)20(27-24(33)34)15-18-11-7-5-8-12-18/h5-14,20-22,27,31H,15-17H2,1-4H3,(H,28,35)(H,29,32)(H,33,34)/t20-,21-,22+/m0/s1. The number of alkyl carbamates (subject to hydrolysis) is 1. The first kappa shape index (κ1) is 28.6. The van der Waals surface area contributed by atoms with E-state index in [4.69, 9.17) is 0 Å². The highest BCUT2D eigenvalue weighted by Gasteiger charge is 2.34. The molecular weight excluding hydrogens is 464 g/mol. The predicted octanol–water partition coefficient (Wildman–Crippen LogP) is 2.53. The van der Waals surface area contributed by atoms with Gasteiger partial charge in [0.15, 0.2) is 0 Å². The van der Waals surface area contributed by atoms with Gasteiger partial charge in [0.1, 0.15) is 6.04 Å². The monoisotopic (exact) mass is 500 g/mol. The van der Waals surface area contributed by atoms with Crippen LogP contribution in [-0.4, -0.2) is 65.2 Å². The molecule has 2 rings (SSSR count). The van der Waals surface area contributed by atoms with Crippen LogP contribution in [0.5, 0.6) is 0 Å². The van der Waals surface area contributed by atoms with E-state index in [9.17, 15) is 24.6 Å². The first-order valence-corrected chi connectivity index (χ1v) is 11.6. The fourth-order valence-electron chi connectivity index (χ4n) is 3.69. The van der Waals surface area contributed by atoms with Gasteiger partial charge in [0.25, 0.3) is 5.91 Å². The number of methoxy groups -OCH3 is 1. The maximum absolute atomic E-state index is 13.2. The van der Waals surface area contributed by atoms with E-state index < -0.39 is 41.7 Å². The zero-order valence-corrected chi connectivity index (χ0v) is 21.1. The quantitative estimate of drug-likeness (QED) is 0.299. The molecule has 0 radical (unpaired) electrons. The molecule has 10 heteroatoms. The summed E-state index contributed by atoms with van der Waals surface area (Å²) >= 11 is 0. The first-order valence-electron chi connectivity index (χ1n) is 11.6. The Bertz CT molecular complexity index is 981. The lowest BCUT2D eigenvalue weighted by atomic mass is 9.86. The van der Waals surface area contributed by atoms with Crippen molar-refractivity contribution in [3.05, 3.63) is 71.8 Å². The lowest BCUT2D eigenvalue weighted by molar-refractivity contribution is -0.131. The van der Waals surface area contributed by atoms with Crippen molar-refractivity contribution in [2.45, 2.75) is 51.9 Å². The minimum Gasteiger partial charge on any atom is -0.465 e. The third-order valence-electron chi connectivity index (χ3n) is 5.54. The number of hydrogen-bond donors (Lipinski definition) is 5. The molecule has 0 heterocycles. The zero-order valence-electron chi connectivity index (χ0n) is 21.1. The van der Waals surface area contributed by atoms with Gasteiger partial charge in [-0.2, -0.15) is 0 Å². The van der Waals surface area contributed by atoms with E-state index in [0.29, 0.717) is 0 Å². The second kappa shape index (κ2) is 13.5. The summed E-state index contributed by atoms with van der Waals surface area (Å²) in [4.78, 5) is 36.5. The number of carbonyl (C=O) groups is 3. The second-order valence-corrected chi connectivity index (χ2v) is 9.59. The van der Waals surface area contributed by atoms with Gasteiger partial charge in [-0.15, -0.1) is 0 Å². The van der Waals surface area contributed by atoms with Crippen molar-refractivity contribution in [2.24, 2.45) is 5.41 Å². The van der Waals surface area contributed by atoms with Crippen molar-refractivity contribution in [1.82, 2.24) is 21.1 Å². The topological polar surface area (TPSA) is 140 Å². The minimum atomic E-state index is -1.26. The molecule has 0 bridgehead atoms. The number of aliphatic hydroxyl groups is 1. The number of rotatable bonds is 11. The molecule has 0 saturated carbocycles. The van der Waals surface area contributed by atoms with Gasteiger partial charge in [0, 0.05) is 13.1 Å². The van der Waals surface area contributed by atoms with Gasteiger partial charge in [-0.05, 0) is 23.0 Å². The normalized spacial score (nSPS) is 13.8. The highest BCUT2D eigenvalue weighted by Crippen LogP contribution is 2.20. The number of hydrazine groups is 1. The van der Waals surface area contributed by atoms with E-state index in [2.05, 4.69) is 20.8 Å². The predicted molar refractivity (Wildman–Crippen MR) is 135 cm³/mol. The summed E-state index contributed by atoms with van der Waals surface area (Å²) in [7, 11) is 1.22. The Morgan fingerprint density at radius 3 is 2.00 bits per heavy atom. The summed E-state index contributed by atoms with van der Waals surface area (Å²) in [5, 5.41) is 26.9. The number of aliphatic hydroxyl groups excluding tert-OH is 1. The second-order valence-electron chi connectivity index (χ2n) is 9.59. The summed E-state index contributed by atoms with van der Waals surface area (Å²) in [6.07, 6.45) is -2.90. The first-order chi connectivity index (χ1) is 17.0. The number of ether oxygens (including phenoxy) is 1. The zero-order chi connectivity index (χ0) is 26.7. The Morgan fingerprint density at radius 1 is 0.944 bits per heavy atom. The van der Waals surface area contributed by atoms with Gasteiger partial charge >= 0.3 is 12.2 Å². The molecule has 0 aliphatic rings. The molecule has 2 aromatic rings. The lowest BCUT2D eigenvalue weighted by Crippen LogP contribution is -2.59. The van der Waals surface area contributed by atoms with Crippen molar-refractivity contribution in [3.8, 4) is 0 Å². The van der Waals surface area contributed by atoms with Gasteiger partial charge in [-0.3, -0.25) is 10.2 Å². The highest BCUT2D eigenvalue weighted by molar-refractivity contribution is 5.86. The average Bonchev–Trinajstić information content (AvgIpc) is 2.82. The third-order valence-corrected chi connectivity index (χ3v) is 5.54. The molecule has 0 aliphatic heterocycles. The Kier molecular flexibility index (Phi) is 10.7. The molecule has 3 amide bonds. The Hall–Kier alpha value is -3.63. The summed E-state index contributed by atoms with van der Waals surface area (Å²) in [5.41, 5.74) is 3.87. The molecule has 36 heavy (non-hydrogen) atoms. The van der Waals surface area contributed by atoms with E-state index in [-0.39, 0.29) is 19.5 Å². The minimum absolute atomic E-state index is 0.0759. The molecule has 0 aromatic heterocycles. The summed E-state index contributed by atoms with van der Waals surface area (Å²) in [6, 6.07) is 16.8. The van der Waals surface area contributed by atoms with Crippen molar-refractivity contribution in [1.29, 1.82) is 0 Å². The molecule has 10 nitrogen and oxygen atoms in total. The van der Waals surface area contributed by atoms with Gasteiger partial charge in [0.05, 0.1) is 19.3 Å². The SMILES string of the molecule is COC(=O)N[C@H](C(=O)NN(Cc1ccccc1)C[C@H](O)[C@H](Cc1ccccc1)NC(=O)O)C(C)(C)C. The van der Waals surface area contributed by atoms with Crippen LogP contribution in [-0.2, 0) is 22.5 Å². The third kappa shape index (κ3) is 9.55. The van der Waals surface area contributed by atoms with Crippen LogP contribution in [0.15, 0.2) is 60.7 Å². The van der Waals surface area contributed by atoms with Crippen molar-refractivity contribution >= 4 is 18.1 Å². The van der Waals surface area contributed by atoms with Crippen LogP contribution in [0, 0.1) is 5.41 Å². The molecule has 196 valence electrons. The number of amides is 3. The van der Waals surface area contributed by atoms with Crippen LogP contribution in [0.4, 0.5) is 9.59 Å². The lowest BCUT2D eigenvalue weighted by Gasteiger charge is -2.34. The number of hydrogen-bond acceptors (Lipinski definition) is 6. The summed E-state index contributed by atoms with van der Waals surface area (Å²) in [5.74, 6) is -0.498. The molecule has 0 unspecified atom stereocenters. The smallest absolute Gasteiger partial charge is 0.407 e. The van der Waals surface area contributed by atoms with E-state index in [1.807, 2.05) is 60.7 Å². The number of nitrogens with zero attached hydrogens (tertiary/aromatic N) is 1. The van der Waals surface area contributed by atoms with E-state index >= 15 is 0 Å². The molecule has 5 N–H and O–H groups in total. The Labute approximate surface area is 211 Å². The van der Waals surface area contributed by atoms with Gasteiger partial charge in [-0.25, -0.2) is 14.6 Å². The number of carbonyl (C=O) groups excluding carboxylic acids is 2. The van der Waals surface area contributed by atoms with Gasteiger partial charge in [0.2, 0.25) is 0 Å². The average molecular weight is 501 g/mol. The van der Waals surface area contributed by atoms with E-state index in [0.717, 1.165) is 11.1 Å². The molecule has 0 fully saturated rings. The molecule has 2 aromatic carbocycles. The van der Waals surface area contributed by atoms with Crippen LogP contribution >= 0.6 is 0 Å². The van der Waals surface area contributed by atoms with E-state index in [1.165, 1.54) is 12.1 Å².